The molecule has 1 unspecified atom stereocenters. The minimum Gasteiger partial charge on any atom is -0.340 e. The number of hydrogen-bond donors (Lipinski definition) is 1. The Morgan fingerprint density at radius 3 is 2.03 bits per heavy atom. The molecule has 0 aromatic heterocycles. The molecule has 1 aromatic rings. The van der Waals surface area contributed by atoms with Gasteiger partial charge in [-0.15, -0.1) is 0 Å². The first-order valence-corrected chi connectivity index (χ1v) is 11.1. The minimum atomic E-state index is -0.519. The molecule has 0 bridgehead atoms. The number of hydrogen-bond acceptors (Lipinski definition) is 4. The Hall–Kier alpha value is -1.63. The van der Waals surface area contributed by atoms with E-state index in [1.807, 2.05) is 18.7 Å². The van der Waals surface area contributed by atoms with E-state index in [2.05, 4.69) is 15.1 Å². The van der Waals surface area contributed by atoms with E-state index in [0.717, 1.165) is 39.3 Å². The Balaban J connectivity index is 1.50. The van der Waals surface area contributed by atoms with Crippen molar-refractivity contribution in [3.05, 3.63) is 34.9 Å². The van der Waals surface area contributed by atoms with Crippen molar-refractivity contribution < 1.29 is 9.59 Å². The van der Waals surface area contributed by atoms with Gasteiger partial charge in [0.15, 0.2) is 0 Å². The van der Waals surface area contributed by atoms with Crippen molar-refractivity contribution in [2.75, 3.05) is 52.4 Å². The maximum absolute atomic E-state index is 13.1. The first-order chi connectivity index (χ1) is 13.9. The van der Waals surface area contributed by atoms with E-state index >= 15 is 0 Å². The molecular formula is C22H33ClN4O2. The van der Waals surface area contributed by atoms with Gasteiger partial charge in [0.2, 0.25) is 5.91 Å². The topological polar surface area (TPSA) is 55.9 Å². The van der Waals surface area contributed by atoms with Crippen molar-refractivity contribution in [3.8, 4) is 0 Å². The van der Waals surface area contributed by atoms with Gasteiger partial charge in [-0.05, 0) is 56.1 Å². The molecule has 0 aliphatic carbocycles. The summed E-state index contributed by atoms with van der Waals surface area (Å²) in [6.45, 7) is 11.8. The predicted molar refractivity (Wildman–Crippen MR) is 116 cm³/mol. The van der Waals surface area contributed by atoms with E-state index in [-0.39, 0.29) is 17.7 Å². The molecule has 0 saturated carbocycles. The molecule has 1 aromatic carbocycles. The van der Waals surface area contributed by atoms with E-state index in [4.69, 9.17) is 11.6 Å². The number of piperazine rings is 1. The molecule has 0 radical (unpaired) electrons. The van der Waals surface area contributed by atoms with Crippen LogP contribution in [0.3, 0.4) is 0 Å². The number of likely N-dealkylation sites (tertiary alicyclic amines) is 1. The summed E-state index contributed by atoms with van der Waals surface area (Å²) in [5.74, 6) is -0.202. The molecule has 1 N–H and O–H groups in total. The number of halogens is 1. The third kappa shape index (κ3) is 6.17. The molecule has 2 aliphatic rings. The zero-order chi connectivity index (χ0) is 20.8. The van der Waals surface area contributed by atoms with Crippen LogP contribution in [0.25, 0.3) is 0 Å². The quantitative estimate of drug-likeness (QED) is 0.735. The second kappa shape index (κ2) is 10.4. The summed E-state index contributed by atoms with van der Waals surface area (Å²) in [5, 5.41) is 3.51. The molecule has 2 amide bonds. The number of rotatable bonds is 7. The number of carbonyl (C=O) groups excluding carboxylic acids is 2. The molecule has 2 saturated heterocycles. The second-order valence-electron chi connectivity index (χ2n) is 8.42. The van der Waals surface area contributed by atoms with Crippen LogP contribution in [0, 0.1) is 5.92 Å². The first-order valence-electron chi connectivity index (χ1n) is 10.7. The van der Waals surface area contributed by atoms with Crippen LogP contribution in [0.15, 0.2) is 24.3 Å². The van der Waals surface area contributed by atoms with Crippen molar-refractivity contribution >= 4 is 23.4 Å². The standard InChI is InChI=1S/C22H33ClN4O2/c1-17(2)20(24-21(28)18-5-7-19(23)8-6-18)22(29)27-15-13-26(14-16-27)12-11-25-9-3-4-10-25/h5-8,17,20H,3-4,9-16H2,1-2H3,(H,24,28). The fourth-order valence-corrected chi connectivity index (χ4v) is 4.14. The third-order valence-electron chi connectivity index (χ3n) is 5.94. The Morgan fingerprint density at radius 2 is 1.48 bits per heavy atom. The van der Waals surface area contributed by atoms with E-state index in [0.29, 0.717) is 10.6 Å². The second-order valence-corrected chi connectivity index (χ2v) is 8.85. The average Bonchev–Trinajstić information content (AvgIpc) is 3.24. The zero-order valence-corrected chi connectivity index (χ0v) is 18.3. The van der Waals surface area contributed by atoms with E-state index < -0.39 is 6.04 Å². The predicted octanol–water partition coefficient (Wildman–Crippen LogP) is 2.33. The van der Waals surface area contributed by atoms with Gasteiger partial charge in [-0.2, -0.15) is 0 Å². The SMILES string of the molecule is CC(C)C(NC(=O)c1ccc(Cl)cc1)C(=O)N1CCN(CCN2CCCC2)CC1. The van der Waals surface area contributed by atoms with E-state index in [1.54, 1.807) is 24.3 Å². The highest BCUT2D eigenvalue weighted by atomic mass is 35.5. The number of nitrogens with zero attached hydrogens (tertiary/aromatic N) is 3. The molecule has 3 rings (SSSR count). The zero-order valence-electron chi connectivity index (χ0n) is 17.6. The number of amides is 2. The van der Waals surface area contributed by atoms with Gasteiger partial charge in [0.25, 0.3) is 5.91 Å². The smallest absolute Gasteiger partial charge is 0.251 e. The lowest BCUT2D eigenvalue weighted by atomic mass is 10.0. The van der Waals surface area contributed by atoms with E-state index in [9.17, 15) is 9.59 Å². The van der Waals surface area contributed by atoms with Gasteiger partial charge in [-0.3, -0.25) is 14.5 Å². The summed E-state index contributed by atoms with van der Waals surface area (Å²) in [4.78, 5) is 32.6. The highest BCUT2D eigenvalue weighted by Crippen LogP contribution is 2.13. The lowest BCUT2D eigenvalue weighted by molar-refractivity contribution is -0.136. The normalized spacial score (nSPS) is 19.5. The minimum absolute atomic E-state index is 0.0153. The van der Waals surface area contributed by atoms with Crippen LogP contribution in [-0.2, 0) is 4.79 Å². The summed E-state index contributed by atoms with van der Waals surface area (Å²) >= 11 is 5.90. The van der Waals surface area contributed by atoms with Gasteiger partial charge >= 0.3 is 0 Å². The van der Waals surface area contributed by atoms with Gasteiger partial charge < -0.3 is 15.1 Å². The Bertz CT molecular complexity index is 681. The maximum Gasteiger partial charge on any atom is 0.251 e. The largest absolute Gasteiger partial charge is 0.340 e. The molecule has 6 nitrogen and oxygen atoms in total. The van der Waals surface area contributed by atoms with Crippen molar-refractivity contribution in [1.82, 2.24) is 20.0 Å². The fourth-order valence-electron chi connectivity index (χ4n) is 4.02. The van der Waals surface area contributed by atoms with Crippen LogP contribution in [0.2, 0.25) is 5.02 Å². The monoisotopic (exact) mass is 420 g/mol. The fraction of sp³-hybridized carbons (Fsp3) is 0.636. The van der Waals surface area contributed by atoms with E-state index in [1.165, 1.54) is 25.9 Å². The van der Waals surface area contributed by atoms with Gasteiger partial charge in [0.1, 0.15) is 6.04 Å². The van der Waals surface area contributed by atoms with Gasteiger partial charge in [0, 0.05) is 49.9 Å². The Kier molecular flexibility index (Phi) is 7.92. The van der Waals surface area contributed by atoms with Crippen LogP contribution >= 0.6 is 11.6 Å². The van der Waals surface area contributed by atoms with Gasteiger partial charge in [-0.25, -0.2) is 0 Å². The van der Waals surface area contributed by atoms with Crippen LogP contribution in [0.4, 0.5) is 0 Å². The molecule has 29 heavy (non-hydrogen) atoms. The Labute approximate surface area is 179 Å². The highest BCUT2D eigenvalue weighted by molar-refractivity contribution is 6.30. The number of nitrogens with one attached hydrogen (secondary N) is 1. The van der Waals surface area contributed by atoms with Crippen molar-refractivity contribution in [2.24, 2.45) is 5.92 Å². The summed E-state index contributed by atoms with van der Waals surface area (Å²) in [6, 6.07) is 6.21. The molecule has 2 fully saturated rings. The van der Waals surface area contributed by atoms with Crippen LogP contribution < -0.4 is 5.32 Å². The summed E-state index contributed by atoms with van der Waals surface area (Å²) in [5.41, 5.74) is 0.514. The molecule has 2 heterocycles. The Morgan fingerprint density at radius 1 is 0.931 bits per heavy atom. The molecule has 2 aliphatic heterocycles. The highest BCUT2D eigenvalue weighted by Gasteiger charge is 2.31. The average molecular weight is 421 g/mol. The van der Waals surface area contributed by atoms with Gasteiger partial charge in [-0.1, -0.05) is 25.4 Å². The third-order valence-corrected chi connectivity index (χ3v) is 6.19. The van der Waals surface area contributed by atoms with Crippen molar-refractivity contribution in [1.29, 1.82) is 0 Å². The van der Waals surface area contributed by atoms with Crippen molar-refractivity contribution in [2.45, 2.75) is 32.7 Å². The van der Waals surface area contributed by atoms with Crippen LogP contribution in [0.1, 0.15) is 37.0 Å². The number of carbonyl (C=O) groups is 2. The summed E-state index contributed by atoms with van der Waals surface area (Å²) in [7, 11) is 0. The molecular weight excluding hydrogens is 388 g/mol. The molecule has 0 spiro atoms. The summed E-state index contributed by atoms with van der Waals surface area (Å²) < 4.78 is 0. The molecule has 1 atom stereocenters. The van der Waals surface area contributed by atoms with Crippen molar-refractivity contribution in [3.63, 3.8) is 0 Å². The van der Waals surface area contributed by atoms with Crippen LogP contribution in [0.5, 0.6) is 0 Å². The first kappa shape index (κ1) is 22.1. The molecule has 7 heteroatoms. The number of benzene rings is 1. The summed E-state index contributed by atoms with van der Waals surface area (Å²) in [6.07, 6.45) is 2.64. The lowest BCUT2D eigenvalue weighted by Crippen LogP contribution is -2.56. The maximum atomic E-state index is 13.1. The van der Waals surface area contributed by atoms with Crippen LogP contribution in [-0.4, -0.2) is 84.9 Å². The van der Waals surface area contributed by atoms with Gasteiger partial charge in [0.05, 0.1) is 0 Å². The lowest BCUT2D eigenvalue weighted by Gasteiger charge is -2.37. The molecule has 160 valence electrons.